The Morgan fingerprint density at radius 3 is 2.76 bits per heavy atom. The Morgan fingerprint density at radius 2 is 2.14 bits per heavy atom. The molecule has 7 heteroatoms. The summed E-state index contributed by atoms with van der Waals surface area (Å²) < 4.78 is 4.86. The summed E-state index contributed by atoms with van der Waals surface area (Å²) in [6, 6.07) is 2.63. The van der Waals surface area contributed by atoms with Crippen molar-refractivity contribution < 1.29 is 24.2 Å². The lowest BCUT2D eigenvalue weighted by Crippen LogP contribution is -2.27. The Kier molecular flexibility index (Phi) is 6.32. The van der Waals surface area contributed by atoms with Gasteiger partial charge < -0.3 is 15.2 Å². The van der Waals surface area contributed by atoms with E-state index in [0.717, 1.165) is 0 Å². The van der Waals surface area contributed by atoms with Crippen molar-refractivity contribution in [3.05, 3.63) is 29.6 Å². The van der Waals surface area contributed by atoms with Crippen molar-refractivity contribution >= 4 is 17.8 Å². The molecule has 0 saturated heterocycles. The van der Waals surface area contributed by atoms with E-state index in [1.807, 2.05) is 0 Å². The van der Waals surface area contributed by atoms with Crippen molar-refractivity contribution in [1.82, 2.24) is 10.3 Å². The van der Waals surface area contributed by atoms with Crippen LogP contribution in [0.15, 0.2) is 18.3 Å². The van der Waals surface area contributed by atoms with E-state index in [0.29, 0.717) is 19.6 Å². The molecule has 0 bridgehead atoms. The second kappa shape index (κ2) is 7.98. The molecule has 7 nitrogen and oxygen atoms in total. The van der Waals surface area contributed by atoms with Gasteiger partial charge in [0.1, 0.15) is 5.69 Å². The third-order valence-corrected chi connectivity index (χ3v) is 2.79. The Balaban J connectivity index is 2.49. The number of aromatic nitrogens is 1. The van der Waals surface area contributed by atoms with Crippen LogP contribution in [0.5, 0.6) is 0 Å². The first-order valence-corrected chi connectivity index (χ1v) is 6.59. The molecule has 2 N–H and O–H groups in total. The summed E-state index contributed by atoms with van der Waals surface area (Å²) in [7, 11) is 0. The number of carboxylic acid groups (broad SMARTS) is 1. The van der Waals surface area contributed by atoms with Gasteiger partial charge in [0, 0.05) is 18.3 Å². The monoisotopic (exact) mass is 294 g/mol. The standard InChI is InChI=1S/C14H18N2O5/c1-3-21-14(20)9(2)4-6-16-12(17)10-5-7-15-11(8-10)13(18)19/h5,7-9H,3-4,6H2,1-2H3,(H,16,17)(H,18,19)/t9-/m1/s1. The molecule has 0 aliphatic heterocycles. The topological polar surface area (TPSA) is 106 Å². The lowest BCUT2D eigenvalue weighted by Gasteiger charge is -2.11. The highest BCUT2D eigenvalue weighted by Crippen LogP contribution is 2.05. The van der Waals surface area contributed by atoms with Crippen molar-refractivity contribution in [3.8, 4) is 0 Å². The third kappa shape index (κ3) is 5.21. The van der Waals surface area contributed by atoms with Crippen LogP contribution >= 0.6 is 0 Å². The fourth-order valence-corrected chi connectivity index (χ4v) is 1.60. The normalized spacial score (nSPS) is 11.5. The highest BCUT2D eigenvalue weighted by Gasteiger charge is 2.15. The molecule has 0 radical (unpaired) electrons. The van der Waals surface area contributed by atoms with Crippen LogP contribution in [0.3, 0.4) is 0 Å². The molecule has 0 fully saturated rings. The zero-order chi connectivity index (χ0) is 15.8. The van der Waals surface area contributed by atoms with Crippen LogP contribution < -0.4 is 5.32 Å². The number of nitrogens with zero attached hydrogens (tertiary/aromatic N) is 1. The lowest BCUT2D eigenvalue weighted by molar-refractivity contribution is -0.147. The van der Waals surface area contributed by atoms with E-state index in [-0.39, 0.29) is 23.1 Å². The number of rotatable bonds is 7. The lowest BCUT2D eigenvalue weighted by atomic mass is 10.1. The Labute approximate surface area is 122 Å². The van der Waals surface area contributed by atoms with E-state index in [2.05, 4.69) is 10.3 Å². The van der Waals surface area contributed by atoms with E-state index in [1.54, 1.807) is 13.8 Å². The minimum Gasteiger partial charge on any atom is -0.477 e. The van der Waals surface area contributed by atoms with Crippen molar-refractivity contribution in [1.29, 1.82) is 0 Å². The highest BCUT2D eigenvalue weighted by molar-refractivity contribution is 5.96. The molecule has 1 aromatic rings. The number of ether oxygens (including phenoxy) is 1. The fraction of sp³-hybridized carbons (Fsp3) is 0.429. The van der Waals surface area contributed by atoms with Crippen molar-refractivity contribution in [2.45, 2.75) is 20.3 Å². The van der Waals surface area contributed by atoms with Crippen molar-refractivity contribution in [3.63, 3.8) is 0 Å². The van der Waals surface area contributed by atoms with Crippen molar-refractivity contribution in [2.24, 2.45) is 5.92 Å². The van der Waals surface area contributed by atoms with Crippen LogP contribution in [-0.4, -0.2) is 41.1 Å². The van der Waals surface area contributed by atoms with Crippen LogP contribution in [-0.2, 0) is 9.53 Å². The van der Waals surface area contributed by atoms with E-state index in [9.17, 15) is 14.4 Å². The average molecular weight is 294 g/mol. The summed E-state index contributed by atoms with van der Waals surface area (Å²) >= 11 is 0. The predicted molar refractivity (Wildman–Crippen MR) is 73.9 cm³/mol. The summed E-state index contributed by atoms with van der Waals surface area (Å²) in [6.07, 6.45) is 1.71. The van der Waals surface area contributed by atoms with Gasteiger partial charge >= 0.3 is 11.9 Å². The predicted octanol–water partition coefficient (Wildman–Crippen LogP) is 1.10. The summed E-state index contributed by atoms with van der Waals surface area (Å²) in [4.78, 5) is 37.7. The quantitative estimate of drug-likeness (QED) is 0.729. The van der Waals surface area contributed by atoms with Crippen molar-refractivity contribution in [2.75, 3.05) is 13.2 Å². The van der Waals surface area contributed by atoms with E-state index < -0.39 is 11.9 Å². The first kappa shape index (κ1) is 16.6. The van der Waals surface area contributed by atoms with Crippen LogP contribution in [0.2, 0.25) is 0 Å². The van der Waals surface area contributed by atoms with Gasteiger partial charge in [-0.3, -0.25) is 9.59 Å². The maximum atomic E-state index is 11.8. The van der Waals surface area contributed by atoms with Gasteiger partial charge in [-0.05, 0) is 25.5 Å². The smallest absolute Gasteiger partial charge is 0.354 e. The van der Waals surface area contributed by atoms with Gasteiger partial charge in [0.25, 0.3) is 5.91 Å². The summed E-state index contributed by atoms with van der Waals surface area (Å²) in [6.45, 7) is 4.07. The summed E-state index contributed by atoms with van der Waals surface area (Å²) in [5.41, 5.74) is 0.0220. The molecule has 1 aromatic heterocycles. The molecule has 0 aromatic carbocycles. The zero-order valence-electron chi connectivity index (χ0n) is 12.0. The minimum atomic E-state index is -1.19. The second-order valence-corrected chi connectivity index (χ2v) is 4.43. The molecular formula is C14H18N2O5. The molecule has 21 heavy (non-hydrogen) atoms. The Hall–Kier alpha value is -2.44. The van der Waals surface area contributed by atoms with Gasteiger partial charge in [-0.1, -0.05) is 6.92 Å². The van der Waals surface area contributed by atoms with E-state index >= 15 is 0 Å². The van der Waals surface area contributed by atoms with Gasteiger partial charge in [0.2, 0.25) is 0 Å². The number of aromatic carboxylic acids is 1. The number of nitrogens with one attached hydrogen (secondary N) is 1. The van der Waals surface area contributed by atoms with Gasteiger partial charge in [-0.15, -0.1) is 0 Å². The van der Waals surface area contributed by atoms with E-state index in [4.69, 9.17) is 9.84 Å². The molecule has 0 aliphatic carbocycles. The maximum absolute atomic E-state index is 11.8. The largest absolute Gasteiger partial charge is 0.477 e. The molecule has 1 rings (SSSR count). The van der Waals surface area contributed by atoms with Crippen LogP contribution in [0.1, 0.15) is 41.1 Å². The number of carboxylic acids is 1. The molecule has 0 unspecified atom stereocenters. The molecule has 1 amide bonds. The molecule has 1 heterocycles. The minimum absolute atomic E-state index is 0.192. The second-order valence-electron chi connectivity index (χ2n) is 4.43. The number of hydrogen-bond acceptors (Lipinski definition) is 5. The number of amides is 1. The first-order valence-electron chi connectivity index (χ1n) is 6.59. The molecule has 1 atom stereocenters. The van der Waals surface area contributed by atoms with Crippen LogP contribution in [0, 0.1) is 5.92 Å². The van der Waals surface area contributed by atoms with Gasteiger partial charge in [0.15, 0.2) is 0 Å². The Morgan fingerprint density at radius 1 is 1.43 bits per heavy atom. The van der Waals surface area contributed by atoms with Crippen LogP contribution in [0.25, 0.3) is 0 Å². The summed E-state index contributed by atoms with van der Waals surface area (Å²) in [5, 5.41) is 11.4. The van der Waals surface area contributed by atoms with Gasteiger partial charge in [-0.2, -0.15) is 0 Å². The molecule has 114 valence electrons. The number of pyridine rings is 1. The summed E-state index contributed by atoms with van der Waals surface area (Å²) in [5.74, 6) is -2.21. The average Bonchev–Trinajstić information content (AvgIpc) is 2.47. The maximum Gasteiger partial charge on any atom is 0.354 e. The highest BCUT2D eigenvalue weighted by atomic mass is 16.5. The molecule has 0 aliphatic rings. The molecule has 0 saturated carbocycles. The number of carbonyl (C=O) groups is 3. The number of carbonyl (C=O) groups excluding carboxylic acids is 2. The third-order valence-electron chi connectivity index (χ3n) is 2.79. The molecular weight excluding hydrogens is 276 g/mol. The molecule has 0 spiro atoms. The van der Waals surface area contributed by atoms with Crippen LogP contribution in [0.4, 0.5) is 0 Å². The Bertz CT molecular complexity index is 530. The fourth-order valence-electron chi connectivity index (χ4n) is 1.60. The van der Waals surface area contributed by atoms with Gasteiger partial charge in [0.05, 0.1) is 12.5 Å². The van der Waals surface area contributed by atoms with E-state index in [1.165, 1.54) is 18.3 Å². The van der Waals surface area contributed by atoms with Gasteiger partial charge in [-0.25, -0.2) is 9.78 Å². The number of esters is 1. The number of hydrogen-bond donors (Lipinski definition) is 2. The first-order chi connectivity index (χ1) is 9.95. The zero-order valence-corrected chi connectivity index (χ0v) is 12.0. The SMILES string of the molecule is CCOC(=O)[C@H](C)CCNC(=O)c1ccnc(C(=O)O)c1.